The van der Waals surface area contributed by atoms with Gasteiger partial charge in [0.1, 0.15) is 0 Å². The quantitative estimate of drug-likeness (QED) is 0.706. The molecule has 5 nitrogen and oxygen atoms in total. The van der Waals surface area contributed by atoms with Crippen LogP contribution in [0.2, 0.25) is 0 Å². The predicted octanol–water partition coefficient (Wildman–Crippen LogP) is 2.07. The number of hydrogen-bond donors (Lipinski definition) is 3. The fraction of sp³-hybridized carbons (Fsp3) is 0.467. The van der Waals surface area contributed by atoms with Gasteiger partial charge in [-0.15, -0.1) is 12.4 Å². The van der Waals surface area contributed by atoms with Crippen molar-refractivity contribution in [3.05, 3.63) is 29.3 Å². The van der Waals surface area contributed by atoms with Crippen molar-refractivity contribution in [2.24, 2.45) is 5.73 Å². The zero-order valence-electron chi connectivity index (χ0n) is 13.1. The molecule has 0 unspecified atom stereocenters. The molecule has 0 saturated heterocycles. The molecule has 0 aliphatic rings. The van der Waals surface area contributed by atoms with E-state index in [1.165, 1.54) is 5.56 Å². The highest BCUT2D eigenvalue weighted by Gasteiger charge is 2.09. The van der Waals surface area contributed by atoms with Gasteiger partial charge < -0.3 is 16.4 Å². The van der Waals surface area contributed by atoms with Gasteiger partial charge in [-0.05, 0) is 29.4 Å². The monoisotopic (exact) mass is 345 g/mol. The molecule has 7 heteroatoms. The van der Waals surface area contributed by atoms with Gasteiger partial charge in [0, 0.05) is 11.4 Å². The largest absolute Gasteiger partial charge is 0.346 e. The van der Waals surface area contributed by atoms with E-state index in [2.05, 4.69) is 30.5 Å². The molecule has 1 aromatic rings. The molecular formula is C15H24ClN3O2S. The summed E-state index contributed by atoms with van der Waals surface area (Å²) in [6, 6.07) is 5.86. The average Bonchev–Trinajstić information content (AvgIpc) is 2.45. The van der Waals surface area contributed by atoms with Crippen LogP contribution < -0.4 is 16.4 Å². The van der Waals surface area contributed by atoms with Gasteiger partial charge in [-0.1, -0.05) is 26.0 Å². The number of carbonyl (C=O) groups is 2. The van der Waals surface area contributed by atoms with Crippen molar-refractivity contribution in [3.8, 4) is 0 Å². The number of nitrogens with one attached hydrogen (secondary N) is 2. The molecule has 0 aromatic heterocycles. The number of rotatable bonds is 7. The summed E-state index contributed by atoms with van der Waals surface area (Å²) in [7, 11) is 0. The Morgan fingerprint density at radius 3 is 2.55 bits per heavy atom. The van der Waals surface area contributed by atoms with Crippen LogP contribution in [0.1, 0.15) is 25.0 Å². The topological polar surface area (TPSA) is 84.2 Å². The molecule has 22 heavy (non-hydrogen) atoms. The van der Waals surface area contributed by atoms with Crippen LogP contribution in [0.25, 0.3) is 0 Å². The molecule has 0 saturated carbocycles. The van der Waals surface area contributed by atoms with Crippen LogP contribution in [0.15, 0.2) is 18.2 Å². The second-order valence-corrected chi connectivity index (χ2v) is 6.54. The van der Waals surface area contributed by atoms with Crippen LogP contribution in [-0.4, -0.2) is 30.2 Å². The van der Waals surface area contributed by atoms with Crippen LogP contribution in [0.4, 0.5) is 5.69 Å². The van der Waals surface area contributed by atoms with E-state index >= 15 is 0 Å². The first-order chi connectivity index (χ1) is 9.93. The molecule has 2 amide bonds. The minimum Gasteiger partial charge on any atom is -0.346 e. The van der Waals surface area contributed by atoms with Gasteiger partial charge in [0.15, 0.2) is 0 Å². The average molecular weight is 346 g/mol. The summed E-state index contributed by atoms with van der Waals surface area (Å²) in [6.07, 6.45) is 0. The summed E-state index contributed by atoms with van der Waals surface area (Å²) in [6.45, 7) is 6.12. The SMILES string of the molecule is Cc1c(CSC(C)C)cccc1NC(=O)CNC(=O)CN.Cl. The number of amides is 2. The second-order valence-electron chi connectivity index (χ2n) is 4.98. The Morgan fingerprint density at radius 1 is 1.27 bits per heavy atom. The van der Waals surface area contributed by atoms with Crippen LogP contribution in [0, 0.1) is 6.92 Å². The van der Waals surface area contributed by atoms with E-state index in [4.69, 9.17) is 5.73 Å². The molecule has 4 N–H and O–H groups in total. The molecular weight excluding hydrogens is 322 g/mol. The van der Waals surface area contributed by atoms with Gasteiger partial charge in [0.2, 0.25) is 11.8 Å². The van der Waals surface area contributed by atoms with Crippen molar-refractivity contribution in [1.82, 2.24) is 5.32 Å². The molecule has 1 rings (SSSR count). The van der Waals surface area contributed by atoms with Gasteiger partial charge in [0.25, 0.3) is 0 Å². The highest BCUT2D eigenvalue weighted by atomic mass is 35.5. The number of anilines is 1. The lowest BCUT2D eigenvalue weighted by Gasteiger charge is -2.13. The molecule has 0 heterocycles. The van der Waals surface area contributed by atoms with Crippen molar-refractivity contribution in [2.45, 2.75) is 31.8 Å². The first-order valence-corrected chi connectivity index (χ1v) is 7.95. The van der Waals surface area contributed by atoms with Crippen molar-refractivity contribution in [1.29, 1.82) is 0 Å². The Hall–Kier alpha value is -1.24. The molecule has 0 spiro atoms. The van der Waals surface area contributed by atoms with Crippen LogP contribution >= 0.6 is 24.2 Å². The predicted molar refractivity (Wildman–Crippen MR) is 95.6 cm³/mol. The maximum absolute atomic E-state index is 11.8. The van der Waals surface area contributed by atoms with E-state index in [1.807, 2.05) is 30.8 Å². The van der Waals surface area contributed by atoms with Gasteiger partial charge in [0.05, 0.1) is 13.1 Å². The van der Waals surface area contributed by atoms with Gasteiger partial charge in [-0.2, -0.15) is 11.8 Å². The van der Waals surface area contributed by atoms with Crippen LogP contribution in [0.5, 0.6) is 0 Å². The van der Waals surface area contributed by atoms with E-state index in [0.717, 1.165) is 17.0 Å². The molecule has 1 aromatic carbocycles. The van der Waals surface area contributed by atoms with Crippen molar-refractivity contribution >= 4 is 41.7 Å². The van der Waals surface area contributed by atoms with E-state index in [9.17, 15) is 9.59 Å². The summed E-state index contributed by atoms with van der Waals surface area (Å²) in [5.41, 5.74) is 8.21. The molecule has 0 atom stereocenters. The highest BCUT2D eigenvalue weighted by Crippen LogP contribution is 2.24. The van der Waals surface area contributed by atoms with Crippen LogP contribution in [0.3, 0.4) is 0 Å². The fourth-order valence-electron chi connectivity index (χ4n) is 1.68. The second kappa shape index (κ2) is 10.5. The van der Waals surface area contributed by atoms with Crippen molar-refractivity contribution < 1.29 is 9.59 Å². The summed E-state index contributed by atoms with van der Waals surface area (Å²) in [5, 5.41) is 5.82. The number of hydrogen-bond acceptors (Lipinski definition) is 4. The third kappa shape index (κ3) is 7.15. The number of benzene rings is 1. The molecule has 0 radical (unpaired) electrons. The molecule has 124 valence electrons. The normalized spacial score (nSPS) is 10.0. The number of carbonyl (C=O) groups excluding carboxylic acids is 2. The lowest BCUT2D eigenvalue weighted by Crippen LogP contribution is -2.36. The lowest BCUT2D eigenvalue weighted by atomic mass is 10.1. The minimum absolute atomic E-state index is 0. The number of nitrogens with two attached hydrogens (primary N) is 1. The first-order valence-electron chi connectivity index (χ1n) is 6.90. The third-order valence-electron chi connectivity index (χ3n) is 2.92. The lowest BCUT2D eigenvalue weighted by molar-refractivity contribution is -0.123. The van der Waals surface area contributed by atoms with E-state index < -0.39 is 0 Å². The van der Waals surface area contributed by atoms with Gasteiger partial charge in [-0.25, -0.2) is 0 Å². The molecule has 0 bridgehead atoms. The number of halogens is 1. The Morgan fingerprint density at radius 2 is 1.95 bits per heavy atom. The molecule has 0 aliphatic heterocycles. The third-order valence-corrected chi connectivity index (χ3v) is 4.07. The minimum atomic E-state index is -0.344. The Kier molecular flexibility index (Phi) is 9.89. The fourth-order valence-corrected chi connectivity index (χ4v) is 2.50. The van der Waals surface area contributed by atoms with E-state index in [0.29, 0.717) is 5.25 Å². The van der Waals surface area contributed by atoms with Gasteiger partial charge in [-0.3, -0.25) is 9.59 Å². The maximum atomic E-state index is 11.8. The highest BCUT2D eigenvalue weighted by molar-refractivity contribution is 7.99. The van der Waals surface area contributed by atoms with Crippen molar-refractivity contribution in [3.63, 3.8) is 0 Å². The van der Waals surface area contributed by atoms with Crippen molar-refractivity contribution in [2.75, 3.05) is 18.4 Å². The Bertz CT molecular complexity index is 510. The van der Waals surface area contributed by atoms with E-state index in [1.54, 1.807) is 0 Å². The summed E-state index contributed by atoms with van der Waals surface area (Å²) >= 11 is 1.86. The Balaban J connectivity index is 0.00000441. The standard InChI is InChI=1S/C15H23N3O2S.ClH/c1-10(2)21-9-12-5-4-6-13(11(12)3)18-15(20)8-17-14(19)7-16;/h4-6,10H,7-9,16H2,1-3H3,(H,17,19)(H,18,20);1H. The van der Waals surface area contributed by atoms with Crippen LogP contribution in [-0.2, 0) is 15.3 Å². The van der Waals surface area contributed by atoms with Gasteiger partial charge >= 0.3 is 0 Å². The summed E-state index contributed by atoms with van der Waals surface area (Å²) in [4.78, 5) is 22.8. The summed E-state index contributed by atoms with van der Waals surface area (Å²) < 4.78 is 0. The molecule has 0 aliphatic carbocycles. The van der Waals surface area contributed by atoms with E-state index in [-0.39, 0.29) is 37.3 Å². The summed E-state index contributed by atoms with van der Waals surface area (Å²) in [5.74, 6) is 0.314. The zero-order chi connectivity index (χ0) is 15.8. The number of thioether (sulfide) groups is 1. The zero-order valence-corrected chi connectivity index (χ0v) is 14.8. The molecule has 0 fully saturated rings. The first kappa shape index (κ1) is 20.8. The Labute approximate surface area is 142 Å². The maximum Gasteiger partial charge on any atom is 0.243 e. The smallest absolute Gasteiger partial charge is 0.243 e.